The van der Waals surface area contributed by atoms with Crippen LogP contribution in [0.25, 0.3) is 11.4 Å². The van der Waals surface area contributed by atoms with Crippen molar-refractivity contribution in [1.29, 1.82) is 0 Å². The number of fused-ring (bicyclic) bond motifs is 1. The molecule has 2 heterocycles. The van der Waals surface area contributed by atoms with Gasteiger partial charge in [0.15, 0.2) is 5.82 Å². The van der Waals surface area contributed by atoms with E-state index in [2.05, 4.69) is 10.6 Å². The zero-order chi connectivity index (χ0) is 24.4. The first kappa shape index (κ1) is 22.7. The highest BCUT2D eigenvalue weighted by atomic mass is 35.5. The van der Waals surface area contributed by atoms with Crippen LogP contribution in [-0.2, 0) is 4.79 Å². The van der Waals surface area contributed by atoms with Crippen molar-refractivity contribution in [3.05, 3.63) is 101 Å². The lowest BCUT2D eigenvalue weighted by Crippen LogP contribution is -2.31. The van der Waals surface area contributed by atoms with Gasteiger partial charge in [-0.05, 0) is 56.3 Å². The fourth-order valence-corrected chi connectivity index (χ4v) is 4.38. The van der Waals surface area contributed by atoms with Crippen LogP contribution in [0.4, 0.5) is 11.6 Å². The zero-order valence-corrected chi connectivity index (χ0v) is 20.1. The molecule has 1 aliphatic rings. The second-order valence-corrected chi connectivity index (χ2v) is 8.48. The molecule has 0 spiro atoms. The molecule has 7 nitrogen and oxygen atoms in total. The molecule has 0 saturated carbocycles. The number of ether oxygens (including phenoxy) is 1. The van der Waals surface area contributed by atoms with Crippen LogP contribution < -0.4 is 15.4 Å². The molecule has 1 atom stereocenters. The third-order valence-electron chi connectivity index (χ3n) is 5.75. The van der Waals surface area contributed by atoms with Crippen molar-refractivity contribution < 1.29 is 9.53 Å². The minimum Gasteiger partial charge on any atom is -0.494 e. The summed E-state index contributed by atoms with van der Waals surface area (Å²) >= 11 is 6.62. The number of nitrogens with one attached hydrogen (secondary N) is 2. The second-order valence-electron chi connectivity index (χ2n) is 8.07. The maximum absolute atomic E-state index is 13.5. The van der Waals surface area contributed by atoms with Crippen molar-refractivity contribution in [2.24, 2.45) is 0 Å². The van der Waals surface area contributed by atoms with Gasteiger partial charge in [0, 0.05) is 27.5 Å². The number of amides is 1. The molecule has 8 heteroatoms. The zero-order valence-electron chi connectivity index (χ0n) is 19.3. The Balaban J connectivity index is 1.58. The Labute approximate surface area is 208 Å². The van der Waals surface area contributed by atoms with E-state index in [-0.39, 0.29) is 5.91 Å². The Hall–Kier alpha value is -4.10. The molecule has 35 heavy (non-hydrogen) atoms. The Kier molecular flexibility index (Phi) is 6.25. The normalized spacial score (nSPS) is 14.8. The van der Waals surface area contributed by atoms with E-state index < -0.39 is 6.04 Å². The van der Waals surface area contributed by atoms with E-state index in [0.717, 1.165) is 16.9 Å². The topological polar surface area (TPSA) is 81.1 Å². The number of halogens is 1. The van der Waals surface area contributed by atoms with Crippen molar-refractivity contribution in [2.75, 3.05) is 17.2 Å². The average molecular weight is 486 g/mol. The third kappa shape index (κ3) is 4.50. The van der Waals surface area contributed by atoms with Crippen LogP contribution in [0.15, 0.2) is 90.1 Å². The number of para-hydroxylation sites is 1. The van der Waals surface area contributed by atoms with E-state index in [1.54, 1.807) is 4.68 Å². The Morgan fingerprint density at radius 2 is 1.77 bits per heavy atom. The quantitative estimate of drug-likeness (QED) is 0.354. The van der Waals surface area contributed by atoms with Gasteiger partial charge in [-0.1, -0.05) is 48.0 Å². The molecule has 1 amide bonds. The van der Waals surface area contributed by atoms with Crippen LogP contribution in [0.1, 0.15) is 25.5 Å². The molecule has 3 aromatic carbocycles. The van der Waals surface area contributed by atoms with Crippen molar-refractivity contribution in [3.63, 3.8) is 0 Å². The molecule has 0 radical (unpaired) electrons. The molecule has 1 aromatic heterocycles. The highest BCUT2D eigenvalue weighted by Gasteiger charge is 2.35. The Morgan fingerprint density at radius 1 is 1.06 bits per heavy atom. The van der Waals surface area contributed by atoms with E-state index in [9.17, 15) is 4.79 Å². The van der Waals surface area contributed by atoms with E-state index >= 15 is 0 Å². The molecular weight excluding hydrogens is 462 g/mol. The highest BCUT2D eigenvalue weighted by Crippen LogP contribution is 2.39. The predicted octanol–water partition coefficient (Wildman–Crippen LogP) is 5.92. The van der Waals surface area contributed by atoms with E-state index in [4.69, 9.17) is 26.4 Å². The van der Waals surface area contributed by atoms with Gasteiger partial charge >= 0.3 is 0 Å². The maximum atomic E-state index is 13.5. The lowest BCUT2D eigenvalue weighted by atomic mass is 9.95. The molecule has 4 aromatic rings. The standard InChI is InChI=1S/C27H24ClN5O2/c1-3-35-20-15-13-18(14-16-20)25-31-27-29-17(2)23(26(34)30-19-9-5-4-6-10-19)24(33(27)32-25)21-11-7-8-12-22(21)28/h4-16,24H,3H2,1-2H3,(H,30,34)(H,29,31,32). The number of hydrogen-bond donors (Lipinski definition) is 2. The van der Waals surface area contributed by atoms with Crippen molar-refractivity contribution in [2.45, 2.75) is 19.9 Å². The molecule has 0 bridgehead atoms. The van der Waals surface area contributed by atoms with Crippen LogP contribution in [0.3, 0.4) is 0 Å². The molecule has 1 aliphatic heterocycles. The first-order valence-corrected chi connectivity index (χ1v) is 11.7. The average Bonchev–Trinajstić information content (AvgIpc) is 3.28. The third-order valence-corrected chi connectivity index (χ3v) is 6.10. The van der Waals surface area contributed by atoms with Crippen molar-refractivity contribution >= 4 is 29.1 Å². The molecule has 5 rings (SSSR count). The van der Waals surface area contributed by atoms with Gasteiger partial charge in [-0.3, -0.25) is 4.79 Å². The van der Waals surface area contributed by atoms with Gasteiger partial charge in [0.05, 0.1) is 12.2 Å². The molecule has 0 fully saturated rings. The molecule has 176 valence electrons. The number of carbonyl (C=O) groups is 1. The number of carbonyl (C=O) groups excluding carboxylic acids is 1. The van der Waals surface area contributed by atoms with Crippen LogP contribution in [0.2, 0.25) is 5.02 Å². The van der Waals surface area contributed by atoms with Crippen molar-refractivity contribution in [3.8, 4) is 17.1 Å². The Morgan fingerprint density at radius 3 is 2.49 bits per heavy atom. The van der Waals surface area contributed by atoms with Gasteiger partial charge in [0.25, 0.3) is 5.91 Å². The SMILES string of the molecule is CCOc1ccc(-c2nc3n(n2)C(c2ccccc2Cl)C(C(=O)Nc2ccccc2)=C(C)N3)cc1. The molecular formula is C27H24ClN5O2. The molecule has 0 saturated heterocycles. The summed E-state index contributed by atoms with van der Waals surface area (Å²) in [6.45, 7) is 4.40. The molecule has 1 unspecified atom stereocenters. The number of allylic oxidation sites excluding steroid dienone is 1. The molecule has 2 N–H and O–H groups in total. The summed E-state index contributed by atoms with van der Waals surface area (Å²) in [5.41, 5.74) is 3.50. The highest BCUT2D eigenvalue weighted by molar-refractivity contribution is 6.31. The fraction of sp³-hybridized carbons (Fsp3) is 0.148. The van der Waals surface area contributed by atoms with Gasteiger partial charge in [-0.2, -0.15) is 4.98 Å². The summed E-state index contributed by atoms with van der Waals surface area (Å²) < 4.78 is 7.27. The first-order chi connectivity index (χ1) is 17.0. The summed E-state index contributed by atoms with van der Waals surface area (Å²) in [6, 6.07) is 23.9. The number of rotatable bonds is 6. The lowest BCUT2D eigenvalue weighted by molar-refractivity contribution is -0.113. The fourth-order valence-electron chi connectivity index (χ4n) is 4.14. The summed E-state index contributed by atoms with van der Waals surface area (Å²) in [5, 5.41) is 11.6. The van der Waals surface area contributed by atoms with Gasteiger partial charge < -0.3 is 15.4 Å². The summed E-state index contributed by atoms with van der Waals surface area (Å²) in [6.07, 6.45) is 0. The van der Waals surface area contributed by atoms with Gasteiger partial charge in [0.1, 0.15) is 11.8 Å². The van der Waals surface area contributed by atoms with Crippen LogP contribution in [0.5, 0.6) is 5.75 Å². The first-order valence-electron chi connectivity index (χ1n) is 11.3. The number of hydrogen-bond acceptors (Lipinski definition) is 5. The van der Waals surface area contributed by atoms with Gasteiger partial charge in [-0.25, -0.2) is 4.68 Å². The lowest BCUT2D eigenvalue weighted by Gasteiger charge is -2.29. The number of nitrogens with zero attached hydrogens (tertiary/aromatic N) is 3. The van der Waals surface area contributed by atoms with Crippen molar-refractivity contribution in [1.82, 2.24) is 14.8 Å². The van der Waals surface area contributed by atoms with E-state index in [1.807, 2.05) is 92.7 Å². The smallest absolute Gasteiger partial charge is 0.255 e. The monoisotopic (exact) mass is 485 g/mol. The maximum Gasteiger partial charge on any atom is 0.255 e. The number of aromatic nitrogens is 3. The summed E-state index contributed by atoms with van der Waals surface area (Å²) in [7, 11) is 0. The van der Waals surface area contributed by atoms with Gasteiger partial charge in [-0.15, -0.1) is 5.10 Å². The summed E-state index contributed by atoms with van der Waals surface area (Å²) in [4.78, 5) is 18.3. The van der Waals surface area contributed by atoms with Gasteiger partial charge in [0.2, 0.25) is 5.95 Å². The predicted molar refractivity (Wildman–Crippen MR) is 138 cm³/mol. The van der Waals surface area contributed by atoms with Crippen LogP contribution in [0, 0.1) is 0 Å². The summed E-state index contributed by atoms with van der Waals surface area (Å²) in [5.74, 6) is 1.61. The number of anilines is 2. The van der Waals surface area contributed by atoms with E-state index in [1.165, 1.54) is 0 Å². The Bertz CT molecular complexity index is 1400. The van der Waals surface area contributed by atoms with E-state index in [0.29, 0.717) is 40.4 Å². The minimum absolute atomic E-state index is 0.241. The largest absolute Gasteiger partial charge is 0.494 e. The van der Waals surface area contributed by atoms with Crippen LogP contribution >= 0.6 is 11.6 Å². The molecule has 0 aliphatic carbocycles. The minimum atomic E-state index is -0.562. The second kappa shape index (κ2) is 9.64. The van der Waals surface area contributed by atoms with Crippen LogP contribution in [-0.4, -0.2) is 27.3 Å². The number of benzene rings is 3.